The summed E-state index contributed by atoms with van der Waals surface area (Å²) in [6.07, 6.45) is 0. The van der Waals surface area contributed by atoms with E-state index in [1.54, 1.807) is 0 Å². The van der Waals surface area contributed by atoms with Crippen LogP contribution in [-0.2, 0) is 5.41 Å². The molecule has 0 atom stereocenters. The fraction of sp³-hybridized carbons (Fsp3) is 0.0652. The second-order valence-electron chi connectivity index (χ2n) is 13.6. The molecule has 8 aromatic carbocycles. The van der Waals surface area contributed by atoms with Crippen LogP contribution in [0.25, 0.3) is 88.4 Å². The molecule has 1 aliphatic carbocycles. The van der Waals surface area contributed by atoms with Crippen LogP contribution in [0.5, 0.6) is 0 Å². The molecule has 0 saturated carbocycles. The van der Waals surface area contributed by atoms with Crippen LogP contribution in [0.3, 0.4) is 0 Å². The van der Waals surface area contributed by atoms with Gasteiger partial charge in [-0.05, 0) is 60.0 Å². The Bertz CT molecular complexity index is 2800. The Morgan fingerprint density at radius 1 is 0.367 bits per heavy atom. The number of fused-ring (bicyclic) bond motifs is 10. The van der Waals surface area contributed by atoms with Gasteiger partial charge in [0.05, 0.1) is 0 Å². The standard InChI is InChI=1S/C46H31N3/c1-46(2)40-21-9-8-17-35(40)37-18-11-20-39(42(37)46)45-48-43(30-13-4-3-5-14-30)47-44(49-45)38-19-10-15-29-23-25-34-33-24-22-28-12-6-7-16-31(28)32(33)26-27-36(34)41(29)38/h3-27H,1-2H3. The van der Waals surface area contributed by atoms with Crippen LogP contribution in [0.2, 0.25) is 0 Å². The number of hydrogen-bond donors (Lipinski definition) is 0. The van der Waals surface area contributed by atoms with Crippen molar-refractivity contribution in [1.82, 2.24) is 15.0 Å². The minimum absolute atomic E-state index is 0.205. The third-order valence-corrected chi connectivity index (χ3v) is 10.5. The molecule has 1 heterocycles. The normalized spacial score (nSPS) is 13.3. The summed E-state index contributed by atoms with van der Waals surface area (Å²) in [6.45, 7) is 4.62. The van der Waals surface area contributed by atoms with Gasteiger partial charge < -0.3 is 0 Å². The minimum atomic E-state index is -0.205. The smallest absolute Gasteiger partial charge is 0.164 e. The first-order valence-corrected chi connectivity index (χ1v) is 16.9. The molecule has 3 heteroatoms. The van der Waals surface area contributed by atoms with E-state index < -0.39 is 0 Å². The largest absolute Gasteiger partial charge is 0.208 e. The molecule has 0 unspecified atom stereocenters. The Morgan fingerprint density at radius 2 is 0.918 bits per heavy atom. The molecule has 0 amide bonds. The van der Waals surface area contributed by atoms with Gasteiger partial charge in [-0.15, -0.1) is 0 Å². The predicted octanol–water partition coefficient (Wildman–Crippen LogP) is 11.8. The highest BCUT2D eigenvalue weighted by Gasteiger charge is 2.38. The molecule has 49 heavy (non-hydrogen) atoms. The number of aromatic nitrogens is 3. The van der Waals surface area contributed by atoms with Crippen LogP contribution in [0.1, 0.15) is 25.0 Å². The fourth-order valence-corrected chi connectivity index (χ4v) is 8.25. The van der Waals surface area contributed by atoms with Crippen molar-refractivity contribution in [2.75, 3.05) is 0 Å². The van der Waals surface area contributed by atoms with Crippen LogP contribution in [0.4, 0.5) is 0 Å². The lowest BCUT2D eigenvalue weighted by Gasteiger charge is -2.24. The van der Waals surface area contributed by atoms with Gasteiger partial charge in [-0.3, -0.25) is 0 Å². The molecule has 1 aromatic heterocycles. The van der Waals surface area contributed by atoms with Crippen molar-refractivity contribution in [3.63, 3.8) is 0 Å². The highest BCUT2D eigenvalue weighted by atomic mass is 15.0. The highest BCUT2D eigenvalue weighted by Crippen LogP contribution is 2.52. The van der Waals surface area contributed by atoms with Crippen molar-refractivity contribution in [3.05, 3.63) is 163 Å². The summed E-state index contributed by atoms with van der Waals surface area (Å²) in [7, 11) is 0. The van der Waals surface area contributed by atoms with E-state index in [-0.39, 0.29) is 5.41 Å². The molecule has 9 aromatic rings. The zero-order valence-electron chi connectivity index (χ0n) is 27.3. The Balaban J connectivity index is 1.26. The Hall–Kier alpha value is -6.19. The summed E-state index contributed by atoms with van der Waals surface area (Å²) in [5.74, 6) is 2.03. The number of hydrogen-bond acceptors (Lipinski definition) is 3. The highest BCUT2D eigenvalue weighted by molar-refractivity contribution is 6.24. The first kappa shape index (κ1) is 27.9. The molecule has 0 aliphatic heterocycles. The van der Waals surface area contributed by atoms with Crippen LogP contribution < -0.4 is 0 Å². The van der Waals surface area contributed by atoms with Gasteiger partial charge in [-0.1, -0.05) is 166 Å². The van der Waals surface area contributed by atoms with Crippen molar-refractivity contribution >= 4 is 43.1 Å². The van der Waals surface area contributed by atoms with E-state index in [2.05, 4.69) is 147 Å². The molecule has 0 radical (unpaired) electrons. The summed E-state index contributed by atoms with van der Waals surface area (Å²) < 4.78 is 0. The summed E-state index contributed by atoms with van der Waals surface area (Å²) in [5.41, 5.74) is 7.92. The molecule has 1 aliphatic rings. The van der Waals surface area contributed by atoms with E-state index in [1.807, 2.05) is 18.2 Å². The third-order valence-electron chi connectivity index (χ3n) is 10.5. The monoisotopic (exact) mass is 625 g/mol. The third kappa shape index (κ3) is 4.12. The van der Waals surface area contributed by atoms with Crippen molar-refractivity contribution in [2.24, 2.45) is 0 Å². The SMILES string of the molecule is CC1(C)c2ccccc2-c2cccc(-c3nc(-c4ccccc4)nc(-c4cccc5ccc6c7ccc8ccccc8c7ccc6c45)n3)c21. The van der Waals surface area contributed by atoms with Gasteiger partial charge in [0, 0.05) is 27.5 Å². The van der Waals surface area contributed by atoms with Crippen LogP contribution >= 0.6 is 0 Å². The summed E-state index contributed by atoms with van der Waals surface area (Å²) >= 11 is 0. The molecule has 0 fully saturated rings. The first-order chi connectivity index (χ1) is 24.1. The molecule has 3 nitrogen and oxygen atoms in total. The molecule has 0 bridgehead atoms. The van der Waals surface area contributed by atoms with Crippen molar-refractivity contribution in [1.29, 1.82) is 0 Å². The summed E-state index contributed by atoms with van der Waals surface area (Å²) in [5, 5.41) is 9.75. The van der Waals surface area contributed by atoms with Gasteiger partial charge in [-0.2, -0.15) is 0 Å². The van der Waals surface area contributed by atoms with Gasteiger partial charge in [-0.25, -0.2) is 15.0 Å². The molecule has 230 valence electrons. The molecular formula is C46H31N3. The van der Waals surface area contributed by atoms with E-state index in [0.29, 0.717) is 17.5 Å². The Kier molecular flexibility index (Phi) is 5.92. The topological polar surface area (TPSA) is 38.7 Å². The molecule has 0 spiro atoms. The van der Waals surface area contributed by atoms with Gasteiger partial charge in [0.2, 0.25) is 0 Å². The van der Waals surface area contributed by atoms with Crippen molar-refractivity contribution < 1.29 is 0 Å². The van der Waals surface area contributed by atoms with E-state index in [1.165, 1.54) is 54.6 Å². The quantitative estimate of drug-likeness (QED) is 0.183. The Morgan fingerprint density at radius 3 is 1.80 bits per heavy atom. The second kappa shape index (κ2) is 10.4. The molecule has 0 saturated heterocycles. The maximum Gasteiger partial charge on any atom is 0.164 e. The number of rotatable bonds is 3. The van der Waals surface area contributed by atoms with Crippen molar-refractivity contribution in [3.8, 4) is 45.3 Å². The maximum atomic E-state index is 5.34. The molecular weight excluding hydrogens is 595 g/mol. The van der Waals surface area contributed by atoms with E-state index in [0.717, 1.165) is 27.5 Å². The lowest BCUT2D eigenvalue weighted by molar-refractivity contribution is 0.661. The fourth-order valence-electron chi connectivity index (χ4n) is 8.25. The number of benzene rings is 8. The summed E-state index contributed by atoms with van der Waals surface area (Å²) in [6, 6.07) is 54.2. The average molecular weight is 626 g/mol. The van der Waals surface area contributed by atoms with E-state index >= 15 is 0 Å². The zero-order valence-corrected chi connectivity index (χ0v) is 27.3. The van der Waals surface area contributed by atoms with Gasteiger partial charge in [0.25, 0.3) is 0 Å². The van der Waals surface area contributed by atoms with Crippen LogP contribution in [0.15, 0.2) is 152 Å². The lowest BCUT2D eigenvalue weighted by Crippen LogP contribution is -2.17. The second-order valence-corrected chi connectivity index (χ2v) is 13.6. The summed E-state index contributed by atoms with van der Waals surface area (Å²) in [4.78, 5) is 15.7. The van der Waals surface area contributed by atoms with Crippen LogP contribution in [0, 0.1) is 0 Å². The first-order valence-electron chi connectivity index (χ1n) is 16.9. The van der Waals surface area contributed by atoms with Gasteiger partial charge in [0.15, 0.2) is 17.5 Å². The van der Waals surface area contributed by atoms with Gasteiger partial charge in [0.1, 0.15) is 0 Å². The van der Waals surface area contributed by atoms with Crippen molar-refractivity contribution in [2.45, 2.75) is 19.3 Å². The Labute approximate surface area is 284 Å². The number of nitrogens with zero attached hydrogens (tertiary/aromatic N) is 3. The molecule has 10 rings (SSSR count). The van der Waals surface area contributed by atoms with E-state index in [9.17, 15) is 0 Å². The minimum Gasteiger partial charge on any atom is -0.208 e. The van der Waals surface area contributed by atoms with Gasteiger partial charge >= 0.3 is 0 Å². The maximum absolute atomic E-state index is 5.34. The van der Waals surface area contributed by atoms with Crippen LogP contribution in [-0.4, -0.2) is 15.0 Å². The predicted molar refractivity (Wildman–Crippen MR) is 204 cm³/mol. The lowest BCUT2D eigenvalue weighted by atomic mass is 9.80. The molecule has 0 N–H and O–H groups in total. The van der Waals surface area contributed by atoms with E-state index in [4.69, 9.17) is 15.0 Å². The average Bonchev–Trinajstić information content (AvgIpc) is 3.40. The zero-order chi connectivity index (χ0) is 32.7.